The van der Waals surface area contributed by atoms with Crippen molar-refractivity contribution in [2.24, 2.45) is 5.41 Å². The number of allylic oxidation sites excluding steroid dienone is 4. The van der Waals surface area contributed by atoms with Crippen molar-refractivity contribution in [3.8, 4) is 0 Å². The molecule has 2 aliphatic rings. The summed E-state index contributed by atoms with van der Waals surface area (Å²) in [6.45, 7) is 2.20. The standard InChI is InChI=1S/C18H26Cl2NO/c1-2-3-5-10-18(11-6-4-7-12-18)17(22)21-14-8-9-15(19)16(20)13-14/h8,13H,2-7,9-12H2,1H3,(H,21,22). The van der Waals surface area contributed by atoms with Crippen LogP contribution in [0.2, 0.25) is 0 Å². The van der Waals surface area contributed by atoms with E-state index in [1.807, 2.05) is 6.42 Å². The van der Waals surface area contributed by atoms with Crippen LogP contribution in [0.5, 0.6) is 0 Å². The van der Waals surface area contributed by atoms with Gasteiger partial charge in [0.1, 0.15) is 0 Å². The van der Waals surface area contributed by atoms with Crippen LogP contribution in [0, 0.1) is 11.8 Å². The van der Waals surface area contributed by atoms with Gasteiger partial charge in [-0.25, -0.2) is 0 Å². The van der Waals surface area contributed by atoms with Crippen molar-refractivity contribution in [3.63, 3.8) is 0 Å². The number of unbranched alkanes of at least 4 members (excludes halogenated alkanes) is 2. The number of rotatable bonds is 6. The summed E-state index contributed by atoms with van der Waals surface area (Å²) < 4.78 is 0. The quantitative estimate of drug-likeness (QED) is 0.606. The number of halogens is 2. The van der Waals surface area contributed by atoms with E-state index in [0.717, 1.165) is 44.2 Å². The van der Waals surface area contributed by atoms with Gasteiger partial charge in [-0.2, -0.15) is 0 Å². The summed E-state index contributed by atoms with van der Waals surface area (Å²) in [5, 5.41) is 4.26. The first-order chi connectivity index (χ1) is 10.6. The van der Waals surface area contributed by atoms with Crippen molar-refractivity contribution < 1.29 is 4.79 Å². The van der Waals surface area contributed by atoms with Gasteiger partial charge in [0.05, 0.1) is 5.03 Å². The molecule has 1 saturated carbocycles. The first kappa shape index (κ1) is 17.9. The fraction of sp³-hybridized carbons (Fsp3) is 0.667. The fourth-order valence-electron chi connectivity index (χ4n) is 3.45. The van der Waals surface area contributed by atoms with E-state index >= 15 is 0 Å². The van der Waals surface area contributed by atoms with E-state index in [1.165, 1.54) is 19.3 Å². The van der Waals surface area contributed by atoms with Crippen LogP contribution in [-0.4, -0.2) is 5.91 Å². The van der Waals surface area contributed by atoms with Crippen LogP contribution in [-0.2, 0) is 4.79 Å². The Labute approximate surface area is 144 Å². The molecule has 0 atom stereocenters. The molecule has 123 valence electrons. The molecule has 2 nitrogen and oxygen atoms in total. The van der Waals surface area contributed by atoms with E-state index < -0.39 is 0 Å². The van der Waals surface area contributed by atoms with Crippen LogP contribution >= 0.6 is 23.2 Å². The van der Waals surface area contributed by atoms with Crippen LogP contribution in [0.1, 0.15) is 71.1 Å². The van der Waals surface area contributed by atoms with Crippen LogP contribution < -0.4 is 5.32 Å². The molecule has 0 unspecified atom stereocenters. The summed E-state index contributed by atoms with van der Waals surface area (Å²) >= 11 is 12.1. The molecule has 0 aliphatic heterocycles. The predicted molar refractivity (Wildman–Crippen MR) is 93.5 cm³/mol. The van der Waals surface area contributed by atoms with E-state index in [2.05, 4.69) is 12.2 Å². The van der Waals surface area contributed by atoms with Gasteiger partial charge in [0.2, 0.25) is 5.91 Å². The van der Waals surface area contributed by atoms with Gasteiger partial charge in [0.15, 0.2) is 0 Å². The Morgan fingerprint density at radius 2 is 1.95 bits per heavy atom. The molecular formula is C18H26Cl2NO. The Morgan fingerprint density at radius 1 is 1.23 bits per heavy atom. The van der Waals surface area contributed by atoms with Gasteiger partial charge in [-0.05, 0) is 31.8 Å². The first-order valence-corrected chi connectivity index (χ1v) is 9.23. The second kappa shape index (κ2) is 8.40. The minimum absolute atomic E-state index is 0.174. The van der Waals surface area contributed by atoms with Crippen molar-refractivity contribution >= 4 is 29.1 Å². The molecule has 1 N–H and O–H groups in total. The molecule has 2 aliphatic carbocycles. The Balaban J connectivity index is 2.04. The van der Waals surface area contributed by atoms with E-state index in [4.69, 9.17) is 23.2 Å². The lowest BCUT2D eigenvalue weighted by molar-refractivity contribution is -0.132. The largest absolute Gasteiger partial charge is 0.329 e. The third-order valence-corrected chi connectivity index (χ3v) is 5.64. The summed E-state index contributed by atoms with van der Waals surface area (Å²) in [5.41, 5.74) is 0.610. The van der Waals surface area contributed by atoms with E-state index in [-0.39, 0.29) is 11.3 Å². The molecule has 22 heavy (non-hydrogen) atoms. The third kappa shape index (κ3) is 4.52. The lowest BCUT2D eigenvalue weighted by Crippen LogP contribution is -2.42. The molecular weight excluding hydrogens is 317 g/mol. The van der Waals surface area contributed by atoms with Crippen LogP contribution in [0.3, 0.4) is 0 Å². The highest BCUT2D eigenvalue weighted by molar-refractivity contribution is 6.40. The monoisotopic (exact) mass is 342 g/mol. The molecule has 0 heterocycles. The average molecular weight is 343 g/mol. The Morgan fingerprint density at radius 3 is 2.59 bits per heavy atom. The van der Waals surface area contributed by atoms with Crippen LogP contribution in [0.4, 0.5) is 0 Å². The second-order valence-electron chi connectivity index (χ2n) is 6.51. The SMILES string of the molecule is CCCCCC1(C(=O)NC2=CC(Cl)=C(Cl)C[CH]2)CCCCC1. The smallest absolute Gasteiger partial charge is 0.230 e. The molecule has 0 aromatic carbocycles. The van der Waals surface area contributed by atoms with Crippen LogP contribution in [0.25, 0.3) is 0 Å². The van der Waals surface area contributed by atoms with E-state index in [9.17, 15) is 4.79 Å². The zero-order chi connectivity index (χ0) is 16.0. The van der Waals surface area contributed by atoms with Gasteiger partial charge >= 0.3 is 0 Å². The molecule has 0 bridgehead atoms. The number of amides is 1. The third-order valence-electron chi connectivity index (χ3n) is 4.85. The lowest BCUT2D eigenvalue weighted by atomic mass is 9.70. The summed E-state index contributed by atoms with van der Waals surface area (Å²) in [6.07, 6.45) is 14.4. The second-order valence-corrected chi connectivity index (χ2v) is 7.38. The maximum absolute atomic E-state index is 12.9. The first-order valence-electron chi connectivity index (χ1n) is 8.48. The Bertz CT molecular complexity index is 462. The van der Waals surface area contributed by atoms with Gasteiger partial charge < -0.3 is 5.32 Å². The zero-order valence-electron chi connectivity index (χ0n) is 13.4. The van der Waals surface area contributed by atoms with Gasteiger partial charge in [-0.3, -0.25) is 4.79 Å². The average Bonchev–Trinajstić information content (AvgIpc) is 2.52. The minimum Gasteiger partial charge on any atom is -0.329 e. The highest BCUT2D eigenvalue weighted by atomic mass is 35.5. The number of carbonyl (C=O) groups excluding carboxylic acids is 1. The van der Waals surface area contributed by atoms with Gasteiger partial charge in [0, 0.05) is 22.6 Å². The summed E-state index contributed by atoms with van der Waals surface area (Å²) in [7, 11) is 0. The van der Waals surface area contributed by atoms with Crippen LogP contribution in [0.15, 0.2) is 21.8 Å². The maximum Gasteiger partial charge on any atom is 0.230 e. The highest BCUT2D eigenvalue weighted by Crippen LogP contribution is 2.41. The molecule has 1 radical (unpaired) electrons. The Hall–Kier alpha value is -0.470. The molecule has 1 fully saturated rings. The molecule has 0 aromatic rings. The van der Waals surface area contributed by atoms with Gasteiger partial charge in [-0.1, -0.05) is 68.7 Å². The number of hydrogen-bond acceptors (Lipinski definition) is 1. The Kier molecular flexibility index (Phi) is 6.83. The van der Waals surface area contributed by atoms with Crippen molar-refractivity contribution in [3.05, 3.63) is 28.3 Å². The lowest BCUT2D eigenvalue weighted by Gasteiger charge is -2.36. The number of hydrogen-bond donors (Lipinski definition) is 1. The molecule has 2 rings (SSSR count). The molecule has 1 amide bonds. The summed E-state index contributed by atoms with van der Waals surface area (Å²) in [4.78, 5) is 12.9. The van der Waals surface area contributed by atoms with Crippen molar-refractivity contribution in [1.29, 1.82) is 0 Å². The number of nitrogens with one attached hydrogen (secondary N) is 1. The maximum atomic E-state index is 12.9. The van der Waals surface area contributed by atoms with E-state index in [1.54, 1.807) is 6.08 Å². The predicted octanol–water partition coefficient (Wildman–Crippen LogP) is 5.81. The molecule has 0 saturated heterocycles. The molecule has 4 heteroatoms. The zero-order valence-corrected chi connectivity index (χ0v) is 14.9. The van der Waals surface area contributed by atoms with Crippen molar-refractivity contribution in [1.82, 2.24) is 5.32 Å². The highest BCUT2D eigenvalue weighted by Gasteiger charge is 2.39. The van der Waals surface area contributed by atoms with Crippen molar-refractivity contribution in [2.75, 3.05) is 0 Å². The normalized spacial score (nSPS) is 21.5. The molecule has 0 aromatic heterocycles. The summed E-state index contributed by atoms with van der Waals surface area (Å²) in [5.74, 6) is 0.174. The summed E-state index contributed by atoms with van der Waals surface area (Å²) in [6, 6.07) is 0. The van der Waals surface area contributed by atoms with Gasteiger partial charge in [-0.15, -0.1) is 0 Å². The van der Waals surface area contributed by atoms with E-state index in [0.29, 0.717) is 16.5 Å². The topological polar surface area (TPSA) is 29.1 Å². The van der Waals surface area contributed by atoms with Crippen molar-refractivity contribution in [2.45, 2.75) is 71.1 Å². The number of carbonyl (C=O) groups is 1. The molecule has 0 spiro atoms. The fourth-order valence-corrected chi connectivity index (χ4v) is 3.78. The van der Waals surface area contributed by atoms with Gasteiger partial charge in [0.25, 0.3) is 0 Å². The minimum atomic E-state index is -0.181.